The van der Waals surface area contributed by atoms with Crippen molar-refractivity contribution >= 4 is 39.0 Å². The van der Waals surface area contributed by atoms with E-state index in [4.69, 9.17) is 16.3 Å². The molecule has 0 fully saturated rings. The van der Waals surface area contributed by atoms with E-state index in [-0.39, 0.29) is 6.04 Å². The zero-order valence-electron chi connectivity index (χ0n) is 14.0. The molecule has 0 spiro atoms. The lowest BCUT2D eigenvalue weighted by Gasteiger charge is -2.16. The van der Waals surface area contributed by atoms with Crippen molar-refractivity contribution < 1.29 is 4.74 Å². The van der Waals surface area contributed by atoms with E-state index in [0.29, 0.717) is 5.02 Å². The van der Waals surface area contributed by atoms with Crippen LogP contribution >= 0.6 is 22.9 Å². The number of rotatable bonds is 5. The number of aromatic nitrogens is 2. The van der Waals surface area contributed by atoms with Gasteiger partial charge in [0, 0.05) is 11.4 Å². The van der Waals surface area contributed by atoms with Crippen LogP contribution in [0.15, 0.2) is 66.3 Å². The van der Waals surface area contributed by atoms with Crippen molar-refractivity contribution in [1.29, 1.82) is 0 Å². The van der Waals surface area contributed by atoms with Gasteiger partial charge in [0.15, 0.2) is 0 Å². The molecule has 1 unspecified atom stereocenters. The van der Waals surface area contributed by atoms with E-state index in [1.54, 1.807) is 6.33 Å². The minimum Gasteiger partial charge on any atom is -0.457 e. The Balaban J connectivity index is 1.51. The minimum absolute atomic E-state index is 0.0647. The second-order valence-electron chi connectivity index (χ2n) is 5.84. The molecule has 2 aromatic heterocycles. The predicted molar refractivity (Wildman–Crippen MR) is 107 cm³/mol. The molecule has 130 valence electrons. The SMILES string of the molecule is CC(Nc1ncnc2scc(Cl)c12)c1ccc(Oc2ccccc2)cc1. The third kappa shape index (κ3) is 3.49. The standard InChI is InChI=1S/C20H16ClN3OS/c1-13(24-19-18-17(21)11-26-20(18)23-12-22-19)14-7-9-16(10-8-14)25-15-5-3-2-4-6-15/h2-13H,1H3,(H,22,23,24). The van der Waals surface area contributed by atoms with Gasteiger partial charge in [0.2, 0.25) is 0 Å². The predicted octanol–water partition coefficient (Wildman–Crippen LogP) is 6.31. The maximum atomic E-state index is 6.28. The molecule has 0 aliphatic carbocycles. The molecule has 2 aromatic carbocycles. The molecule has 0 amide bonds. The first kappa shape index (κ1) is 16.8. The van der Waals surface area contributed by atoms with Gasteiger partial charge in [-0.3, -0.25) is 0 Å². The highest BCUT2D eigenvalue weighted by atomic mass is 35.5. The van der Waals surface area contributed by atoms with Crippen molar-refractivity contribution in [2.75, 3.05) is 5.32 Å². The Morgan fingerprint density at radius 3 is 2.50 bits per heavy atom. The molecule has 0 saturated heterocycles. The first-order valence-corrected chi connectivity index (χ1v) is 9.43. The number of fused-ring (bicyclic) bond motifs is 1. The van der Waals surface area contributed by atoms with Crippen molar-refractivity contribution in [3.63, 3.8) is 0 Å². The number of nitrogens with zero attached hydrogens (tertiary/aromatic N) is 2. The molecule has 6 heteroatoms. The molecule has 0 radical (unpaired) electrons. The molecule has 0 aliphatic rings. The number of nitrogens with one attached hydrogen (secondary N) is 1. The molecule has 0 saturated carbocycles. The van der Waals surface area contributed by atoms with Crippen LogP contribution in [0.4, 0.5) is 5.82 Å². The smallest absolute Gasteiger partial charge is 0.140 e. The number of ether oxygens (including phenoxy) is 1. The fourth-order valence-corrected chi connectivity index (χ4v) is 3.82. The Kier molecular flexibility index (Phi) is 4.73. The highest BCUT2D eigenvalue weighted by molar-refractivity contribution is 7.17. The summed E-state index contributed by atoms with van der Waals surface area (Å²) in [4.78, 5) is 9.50. The summed E-state index contributed by atoms with van der Waals surface area (Å²) in [5, 5.41) is 6.85. The molecule has 2 heterocycles. The van der Waals surface area contributed by atoms with Crippen LogP contribution in [0, 0.1) is 0 Å². The van der Waals surface area contributed by atoms with E-state index in [9.17, 15) is 0 Å². The lowest BCUT2D eigenvalue weighted by Crippen LogP contribution is -2.08. The summed E-state index contributed by atoms with van der Waals surface area (Å²) in [6.07, 6.45) is 1.56. The second kappa shape index (κ2) is 7.32. The molecule has 1 N–H and O–H groups in total. The highest BCUT2D eigenvalue weighted by Gasteiger charge is 2.13. The zero-order chi connectivity index (χ0) is 17.9. The van der Waals surface area contributed by atoms with Gasteiger partial charge in [-0.05, 0) is 36.8 Å². The molecule has 26 heavy (non-hydrogen) atoms. The summed E-state index contributed by atoms with van der Waals surface area (Å²) < 4.78 is 5.84. The van der Waals surface area contributed by atoms with Crippen LogP contribution in [0.3, 0.4) is 0 Å². The van der Waals surface area contributed by atoms with Crippen LogP contribution in [0.1, 0.15) is 18.5 Å². The van der Waals surface area contributed by atoms with Crippen LogP contribution in [0.2, 0.25) is 5.02 Å². The highest BCUT2D eigenvalue weighted by Crippen LogP contribution is 2.34. The third-order valence-corrected chi connectivity index (χ3v) is 5.35. The fourth-order valence-electron chi connectivity index (χ4n) is 2.69. The summed E-state index contributed by atoms with van der Waals surface area (Å²) in [6, 6.07) is 17.8. The maximum Gasteiger partial charge on any atom is 0.140 e. The molecule has 0 bridgehead atoms. The molecule has 4 aromatic rings. The summed E-state index contributed by atoms with van der Waals surface area (Å²) in [7, 11) is 0. The number of hydrogen-bond donors (Lipinski definition) is 1. The van der Waals surface area contributed by atoms with Gasteiger partial charge in [0.25, 0.3) is 0 Å². The lowest BCUT2D eigenvalue weighted by molar-refractivity contribution is 0.482. The molecule has 4 rings (SSSR count). The van der Waals surface area contributed by atoms with Gasteiger partial charge in [0.05, 0.1) is 10.4 Å². The number of halogens is 1. The average molecular weight is 382 g/mol. The number of anilines is 1. The van der Waals surface area contributed by atoms with Gasteiger partial charge < -0.3 is 10.1 Å². The Labute approximate surface area is 160 Å². The topological polar surface area (TPSA) is 47.0 Å². The molecule has 1 atom stereocenters. The van der Waals surface area contributed by atoms with Gasteiger partial charge in [-0.2, -0.15) is 0 Å². The van der Waals surface area contributed by atoms with Crippen molar-refractivity contribution in [1.82, 2.24) is 9.97 Å². The number of hydrogen-bond acceptors (Lipinski definition) is 5. The quantitative estimate of drug-likeness (QED) is 0.440. The number of benzene rings is 2. The zero-order valence-corrected chi connectivity index (χ0v) is 15.6. The first-order valence-electron chi connectivity index (χ1n) is 8.18. The van der Waals surface area contributed by atoms with Gasteiger partial charge in [-0.25, -0.2) is 9.97 Å². The van der Waals surface area contributed by atoms with Crippen molar-refractivity contribution in [3.05, 3.63) is 76.9 Å². The van der Waals surface area contributed by atoms with E-state index in [1.807, 2.05) is 60.0 Å². The van der Waals surface area contributed by atoms with E-state index in [0.717, 1.165) is 33.1 Å². The van der Waals surface area contributed by atoms with Crippen molar-refractivity contribution in [2.45, 2.75) is 13.0 Å². The Bertz CT molecular complexity index is 1020. The lowest BCUT2D eigenvalue weighted by atomic mass is 10.1. The minimum atomic E-state index is 0.0647. The molecular weight excluding hydrogens is 366 g/mol. The molecule has 0 aliphatic heterocycles. The van der Waals surface area contributed by atoms with E-state index in [1.165, 1.54) is 11.3 Å². The number of para-hydroxylation sites is 1. The van der Waals surface area contributed by atoms with E-state index in [2.05, 4.69) is 22.2 Å². The van der Waals surface area contributed by atoms with Crippen molar-refractivity contribution in [2.24, 2.45) is 0 Å². The third-order valence-electron chi connectivity index (χ3n) is 4.04. The Morgan fingerprint density at radius 2 is 1.73 bits per heavy atom. The van der Waals surface area contributed by atoms with Crippen LogP contribution in [0.25, 0.3) is 10.2 Å². The average Bonchev–Trinajstić information content (AvgIpc) is 3.05. The van der Waals surface area contributed by atoms with Gasteiger partial charge in [-0.15, -0.1) is 11.3 Å². The van der Waals surface area contributed by atoms with E-state index < -0.39 is 0 Å². The van der Waals surface area contributed by atoms with Crippen LogP contribution in [-0.4, -0.2) is 9.97 Å². The van der Waals surface area contributed by atoms with Crippen LogP contribution in [0.5, 0.6) is 11.5 Å². The molecular formula is C20H16ClN3OS. The summed E-state index contributed by atoms with van der Waals surface area (Å²) in [5.41, 5.74) is 1.13. The Hall–Kier alpha value is -2.63. The van der Waals surface area contributed by atoms with Gasteiger partial charge in [-0.1, -0.05) is 41.9 Å². The summed E-state index contributed by atoms with van der Waals surface area (Å²) in [5.74, 6) is 2.37. The summed E-state index contributed by atoms with van der Waals surface area (Å²) >= 11 is 7.79. The Morgan fingerprint density at radius 1 is 1.00 bits per heavy atom. The van der Waals surface area contributed by atoms with Gasteiger partial charge >= 0.3 is 0 Å². The van der Waals surface area contributed by atoms with Crippen molar-refractivity contribution in [3.8, 4) is 11.5 Å². The molecule has 4 nitrogen and oxygen atoms in total. The first-order chi connectivity index (χ1) is 12.7. The fraction of sp³-hybridized carbons (Fsp3) is 0.100. The maximum absolute atomic E-state index is 6.28. The van der Waals surface area contributed by atoms with Crippen LogP contribution < -0.4 is 10.1 Å². The van der Waals surface area contributed by atoms with Crippen LogP contribution in [-0.2, 0) is 0 Å². The normalized spacial score (nSPS) is 12.1. The van der Waals surface area contributed by atoms with E-state index >= 15 is 0 Å². The van der Waals surface area contributed by atoms with Gasteiger partial charge in [0.1, 0.15) is 28.5 Å². The number of thiophene rings is 1. The summed E-state index contributed by atoms with van der Waals surface area (Å²) in [6.45, 7) is 2.08. The largest absolute Gasteiger partial charge is 0.457 e. The second-order valence-corrected chi connectivity index (χ2v) is 7.10. The monoisotopic (exact) mass is 381 g/mol.